The molecule has 0 aliphatic heterocycles. The molecule has 8 heteroatoms. The second-order valence-electron chi connectivity index (χ2n) is 5.85. The van der Waals surface area contributed by atoms with E-state index in [0.717, 1.165) is 16.9 Å². The van der Waals surface area contributed by atoms with E-state index >= 15 is 0 Å². The molecule has 1 aromatic heterocycles. The van der Waals surface area contributed by atoms with Crippen molar-refractivity contribution in [1.82, 2.24) is 4.98 Å². The van der Waals surface area contributed by atoms with E-state index in [0.29, 0.717) is 27.1 Å². The van der Waals surface area contributed by atoms with Gasteiger partial charge < -0.3 is 10.6 Å². The third kappa shape index (κ3) is 4.89. The standard InChI is InChI=1S/C19H17FN4O2S/c1-11-5-3-7-14(9-11)23-18(26)24-19-21-12(2)16(27-19)17(25)22-15-8-4-6-13(20)10-15/h3-10H,1-2H3,(H,22,25)(H2,21,23,24,26). The monoisotopic (exact) mass is 384 g/mol. The summed E-state index contributed by atoms with van der Waals surface area (Å²) < 4.78 is 13.2. The molecular weight excluding hydrogens is 367 g/mol. The van der Waals surface area contributed by atoms with E-state index in [9.17, 15) is 14.0 Å². The first-order chi connectivity index (χ1) is 12.9. The first kappa shape index (κ1) is 18.5. The lowest BCUT2D eigenvalue weighted by atomic mass is 10.2. The molecule has 0 fully saturated rings. The van der Waals surface area contributed by atoms with E-state index < -0.39 is 17.8 Å². The van der Waals surface area contributed by atoms with Gasteiger partial charge in [0.2, 0.25) is 0 Å². The summed E-state index contributed by atoms with van der Waals surface area (Å²) >= 11 is 1.04. The number of halogens is 1. The summed E-state index contributed by atoms with van der Waals surface area (Å²) in [5, 5.41) is 8.24. The Kier molecular flexibility index (Phi) is 5.46. The Bertz CT molecular complexity index is 1000. The fourth-order valence-corrected chi connectivity index (χ4v) is 3.25. The summed E-state index contributed by atoms with van der Waals surface area (Å²) in [5.74, 6) is -0.855. The second-order valence-corrected chi connectivity index (χ2v) is 6.85. The summed E-state index contributed by atoms with van der Waals surface area (Å²) in [7, 11) is 0. The number of carbonyl (C=O) groups is 2. The van der Waals surface area contributed by atoms with Crippen LogP contribution in [-0.2, 0) is 0 Å². The molecule has 3 N–H and O–H groups in total. The van der Waals surface area contributed by atoms with Crippen molar-refractivity contribution in [3.05, 3.63) is 70.5 Å². The van der Waals surface area contributed by atoms with Crippen molar-refractivity contribution in [3.8, 4) is 0 Å². The molecular formula is C19H17FN4O2S. The minimum absolute atomic E-state index is 0.294. The molecule has 0 radical (unpaired) electrons. The average Bonchev–Trinajstić information content (AvgIpc) is 2.95. The van der Waals surface area contributed by atoms with E-state index in [4.69, 9.17) is 0 Å². The van der Waals surface area contributed by atoms with E-state index in [-0.39, 0.29) is 0 Å². The topological polar surface area (TPSA) is 83.1 Å². The molecule has 6 nitrogen and oxygen atoms in total. The molecule has 0 saturated heterocycles. The van der Waals surface area contributed by atoms with Crippen LogP contribution in [0.15, 0.2) is 48.5 Å². The van der Waals surface area contributed by atoms with Gasteiger partial charge in [0, 0.05) is 11.4 Å². The normalized spacial score (nSPS) is 10.3. The second kappa shape index (κ2) is 7.96. The van der Waals surface area contributed by atoms with Gasteiger partial charge in [-0.1, -0.05) is 29.5 Å². The van der Waals surface area contributed by atoms with Gasteiger partial charge in [-0.2, -0.15) is 0 Å². The Hall–Kier alpha value is -3.26. The van der Waals surface area contributed by atoms with Gasteiger partial charge in [0.1, 0.15) is 10.7 Å². The number of urea groups is 1. The molecule has 3 rings (SSSR count). The lowest BCUT2D eigenvalue weighted by Gasteiger charge is -2.05. The number of hydrogen-bond acceptors (Lipinski definition) is 4. The number of aryl methyl sites for hydroxylation is 2. The van der Waals surface area contributed by atoms with E-state index in [1.54, 1.807) is 19.1 Å². The number of benzene rings is 2. The van der Waals surface area contributed by atoms with Crippen LogP contribution in [-0.4, -0.2) is 16.9 Å². The Labute approximate surface area is 159 Å². The van der Waals surface area contributed by atoms with Gasteiger partial charge in [-0.25, -0.2) is 14.2 Å². The van der Waals surface area contributed by atoms with Crippen LogP contribution in [0, 0.1) is 19.7 Å². The van der Waals surface area contributed by atoms with Crippen LogP contribution in [0.2, 0.25) is 0 Å². The first-order valence-electron chi connectivity index (χ1n) is 8.10. The minimum Gasteiger partial charge on any atom is -0.321 e. The zero-order chi connectivity index (χ0) is 19.4. The SMILES string of the molecule is Cc1cccc(NC(=O)Nc2nc(C)c(C(=O)Nc3cccc(F)c3)s2)c1. The van der Waals surface area contributed by atoms with Crippen LogP contribution >= 0.6 is 11.3 Å². The van der Waals surface area contributed by atoms with E-state index in [1.165, 1.54) is 18.2 Å². The number of rotatable bonds is 4. The van der Waals surface area contributed by atoms with Crippen molar-refractivity contribution in [2.75, 3.05) is 16.0 Å². The molecule has 0 atom stereocenters. The number of hydrogen-bond donors (Lipinski definition) is 3. The number of carbonyl (C=O) groups excluding carboxylic acids is 2. The van der Waals surface area contributed by atoms with Gasteiger partial charge in [-0.05, 0) is 49.7 Å². The van der Waals surface area contributed by atoms with Crippen molar-refractivity contribution in [2.45, 2.75) is 13.8 Å². The van der Waals surface area contributed by atoms with Crippen LogP contribution < -0.4 is 16.0 Å². The Morgan fingerprint density at radius 3 is 2.37 bits per heavy atom. The maximum atomic E-state index is 13.2. The van der Waals surface area contributed by atoms with Crippen LogP contribution in [0.25, 0.3) is 0 Å². The molecule has 0 spiro atoms. The van der Waals surface area contributed by atoms with Gasteiger partial charge in [0.05, 0.1) is 5.69 Å². The molecule has 0 unspecified atom stereocenters. The Morgan fingerprint density at radius 2 is 1.67 bits per heavy atom. The summed E-state index contributed by atoms with van der Waals surface area (Å²) in [6, 6.07) is 12.5. The Morgan fingerprint density at radius 1 is 0.963 bits per heavy atom. The molecule has 138 valence electrons. The number of nitrogens with zero attached hydrogens (tertiary/aromatic N) is 1. The van der Waals surface area contributed by atoms with Crippen molar-refractivity contribution >= 4 is 39.8 Å². The maximum Gasteiger partial charge on any atom is 0.325 e. The van der Waals surface area contributed by atoms with Crippen LogP contribution in [0.4, 0.5) is 25.7 Å². The molecule has 0 aliphatic carbocycles. The van der Waals surface area contributed by atoms with Crippen molar-refractivity contribution < 1.29 is 14.0 Å². The van der Waals surface area contributed by atoms with Crippen LogP contribution in [0.3, 0.4) is 0 Å². The molecule has 0 saturated carbocycles. The zero-order valence-corrected chi connectivity index (χ0v) is 15.5. The van der Waals surface area contributed by atoms with Gasteiger partial charge >= 0.3 is 6.03 Å². The van der Waals surface area contributed by atoms with E-state index in [1.807, 2.05) is 25.1 Å². The fourth-order valence-electron chi connectivity index (χ4n) is 2.40. The summed E-state index contributed by atoms with van der Waals surface area (Å²) in [6.45, 7) is 3.59. The van der Waals surface area contributed by atoms with Gasteiger partial charge in [0.15, 0.2) is 5.13 Å². The molecule has 0 bridgehead atoms. The molecule has 3 aromatic rings. The summed E-state index contributed by atoms with van der Waals surface area (Å²) in [6.07, 6.45) is 0. The molecule has 27 heavy (non-hydrogen) atoms. The smallest absolute Gasteiger partial charge is 0.321 e. The van der Waals surface area contributed by atoms with Crippen molar-refractivity contribution in [2.24, 2.45) is 0 Å². The summed E-state index contributed by atoms with van der Waals surface area (Å²) in [5.41, 5.74) is 2.50. The highest BCUT2D eigenvalue weighted by atomic mass is 32.1. The number of nitrogens with one attached hydrogen (secondary N) is 3. The lowest BCUT2D eigenvalue weighted by molar-refractivity contribution is 0.103. The highest BCUT2D eigenvalue weighted by Gasteiger charge is 2.17. The highest BCUT2D eigenvalue weighted by molar-refractivity contribution is 7.17. The number of thiazole rings is 1. The zero-order valence-electron chi connectivity index (χ0n) is 14.7. The first-order valence-corrected chi connectivity index (χ1v) is 8.91. The fraction of sp³-hybridized carbons (Fsp3) is 0.105. The maximum absolute atomic E-state index is 13.2. The quantitative estimate of drug-likeness (QED) is 0.604. The number of amides is 3. The number of aromatic nitrogens is 1. The largest absolute Gasteiger partial charge is 0.325 e. The minimum atomic E-state index is -0.452. The van der Waals surface area contributed by atoms with Crippen LogP contribution in [0.1, 0.15) is 20.9 Å². The predicted molar refractivity (Wildman–Crippen MR) is 105 cm³/mol. The third-order valence-corrected chi connectivity index (χ3v) is 4.65. The van der Waals surface area contributed by atoms with Crippen molar-refractivity contribution in [3.63, 3.8) is 0 Å². The van der Waals surface area contributed by atoms with E-state index in [2.05, 4.69) is 20.9 Å². The van der Waals surface area contributed by atoms with Gasteiger partial charge in [0.25, 0.3) is 5.91 Å². The highest BCUT2D eigenvalue weighted by Crippen LogP contribution is 2.24. The summed E-state index contributed by atoms with van der Waals surface area (Å²) in [4.78, 5) is 29.0. The molecule has 0 aliphatic rings. The van der Waals surface area contributed by atoms with Gasteiger partial charge in [-0.3, -0.25) is 10.1 Å². The van der Waals surface area contributed by atoms with Gasteiger partial charge in [-0.15, -0.1) is 0 Å². The lowest BCUT2D eigenvalue weighted by Crippen LogP contribution is -2.19. The predicted octanol–water partition coefficient (Wildman–Crippen LogP) is 4.80. The Balaban J connectivity index is 1.66. The van der Waals surface area contributed by atoms with Crippen molar-refractivity contribution in [1.29, 1.82) is 0 Å². The third-order valence-electron chi connectivity index (χ3n) is 3.58. The molecule has 1 heterocycles. The average molecular weight is 384 g/mol. The molecule has 3 amide bonds. The molecule has 2 aromatic carbocycles. The number of anilines is 3. The van der Waals surface area contributed by atoms with Crippen LogP contribution in [0.5, 0.6) is 0 Å².